The summed E-state index contributed by atoms with van der Waals surface area (Å²) < 4.78 is 15.6. The molecule has 3 rings (SSSR count). The van der Waals surface area contributed by atoms with Crippen LogP contribution in [0.5, 0.6) is 11.5 Å². The Morgan fingerprint density at radius 3 is 2.42 bits per heavy atom. The molecule has 7 nitrogen and oxygen atoms in total. The third-order valence-electron chi connectivity index (χ3n) is 4.24. The first kappa shape index (κ1) is 18.3. The lowest BCUT2D eigenvalue weighted by Gasteiger charge is -2.31. The second-order valence-electron chi connectivity index (χ2n) is 5.58. The molecule has 1 aromatic rings. The van der Waals surface area contributed by atoms with Crippen molar-refractivity contribution >= 4 is 40.7 Å². The van der Waals surface area contributed by atoms with E-state index >= 15 is 0 Å². The van der Waals surface area contributed by atoms with E-state index in [1.54, 1.807) is 0 Å². The molecule has 9 heteroatoms. The maximum atomic E-state index is 13.2. The molecule has 1 aromatic carbocycles. The van der Waals surface area contributed by atoms with Gasteiger partial charge in [-0.2, -0.15) is 0 Å². The maximum absolute atomic E-state index is 13.2. The van der Waals surface area contributed by atoms with E-state index in [1.807, 2.05) is 0 Å². The molecule has 1 aliphatic carbocycles. The Labute approximate surface area is 157 Å². The van der Waals surface area contributed by atoms with Gasteiger partial charge in [-0.15, -0.1) is 0 Å². The highest BCUT2D eigenvalue weighted by atomic mass is 35.5. The molecular weight excluding hydrogens is 387 g/mol. The number of benzene rings is 1. The van der Waals surface area contributed by atoms with Crippen LogP contribution < -0.4 is 4.74 Å². The molecule has 0 radical (unpaired) electrons. The Hall–Kier alpha value is -2.51. The molecule has 1 unspecified atom stereocenters. The Bertz CT molecular complexity index is 945. The van der Waals surface area contributed by atoms with E-state index in [-0.39, 0.29) is 32.7 Å². The van der Waals surface area contributed by atoms with E-state index in [0.717, 1.165) is 19.3 Å². The van der Waals surface area contributed by atoms with Crippen molar-refractivity contribution < 1.29 is 33.7 Å². The molecule has 0 saturated heterocycles. The van der Waals surface area contributed by atoms with E-state index in [2.05, 4.69) is 4.74 Å². The Kier molecular flexibility index (Phi) is 4.24. The van der Waals surface area contributed by atoms with Crippen LogP contribution in [0.15, 0.2) is 23.5 Å². The zero-order valence-electron chi connectivity index (χ0n) is 13.8. The number of fused-ring (bicyclic) bond motifs is 1. The van der Waals surface area contributed by atoms with Gasteiger partial charge in [0, 0.05) is 12.2 Å². The van der Waals surface area contributed by atoms with Gasteiger partial charge in [-0.1, -0.05) is 23.2 Å². The van der Waals surface area contributed by atoms with Crippen molar-refractivity contribution in [2.75, 3.05) is 14.2 Å². The molecule has 1 atom stereocenters. The van der Waals surface area contributed by atoms with Crippen LogP contribution in [0.1, 0.15) is 15.9 Å². The lowest BCUT2D eigenvalue weighted by atomic mass is 9.81. The highest BCUT2D eigenvalue weighted by molar-refractivity contribution is 6.40. The molecule has 26 heavy (non-hydrogen) atoms. The van der Waals surface area contributed by atoms with Gasteiger partial charge < -0.3 is 19.3 Å². The number of phenolic OH excluding ortho intramolecular Hbond substituents is 1. The number of carbonyl (C=O) groups is 3. The second-order valence-corrected chi connectivity index (χ2v) is 6.34. The van der Waals surface area contributed by atoms with E-state index in [9.17, 15) is 19.5 Å². The van der Waals surface area contributed by atoms with Crippen LogP contribution in [0.4, 0.5) is 0 Å². The normalized spacial score (nSPS) is 21.1. The van der Waals surface area contributed by atoms with Crippen LogP contribution in [-0.2, 0) is 19.1 Å². The van der Waals surface area contributed by atoms with Gasteiger partial charge in [-0.25, -0.2) is 4.79 Å². The fourth-order valence-electron chi connectivity index (χ4n) is 2.96. The Balaban J connectivity index is 2.35. The molecule has 0 amide bonds. The second kappa shape index (κ2) is 6.03. The summed E-state index contributed by atoms with van der Waals surface area (Å²) >= 11 is 12.3. The van der Waals surface area contributed by atoms with Crippen molar-refractivity contribution in [3.05, 3.63) is 44.7 Å². The number of carbonyl (C=O) groups excluding carboxylic acids is 3. The van der Waals surface area contributed by atoms with E-state index in [4.69, 9.17) is 32.7 Å². The summed E-state index contributed by atoms with van der Waals surface area (Å²) in [5.74, 6) is -3.36. The molecule has 0 bridgehead atoms. The minimum Gasteiger partial charge on any atom is -0.505 e. The first-order valence-corrected chi connectivity index (χ1v) is 8.01. The van der Waals surface area contributed by atoms with Gasteiger partial charge in [0.1, 0.15) is 16.9 Å². The fraction of sp³-hybridized carbons (Fsp3) is 0.235. The summed E-state index contributed by atoms with van der Waals surface area (Å²) in [5.41, 5.74) is -2.56. The summed E-state index contributed by atoms with van der Waals surface area (Å²) in [6, 6.07) is 0. The third-order valence-corrected chi connectivity index (χ3v) is 5.16. The number of phenols is 1. The van der Waals surface area contributed by atoms with Crippen LogP contribution in [0.2, 0.25) is 10.0 Å². The van der Waals surface area contributed by atoms with Crippen LogP contribution in [-0.4, -0.2) is 42.5 Å². The standard InChI is InChI=1S/C17H12Cl2O7/c1-6-11(18)13(21)10-14(12(6)19)26-17(15(10)22)8(16(23)25-3)4-7(20)5-9(17)24-2/h4-5,21H,1-3H3. The molecule has 0 saturated carbocycles. The number of halogens is 2. The van der Waals surface area contributed by atoms with E-state index < -0.39 is 34.5 Å². The summed E-state index contributed by atoms with van der Waals surface area (Å²) in [6.07, 6.45) is 1.92. The number of hydrogen-bond donors (Lipinski definition) is 1. The minimum absolute atomic E-state index is 0.00964. The third kappa shape index (κ3) is 2.17. The number of ketones is 2. The average molecular weight is 399 g/mol. The number of ether oxygens (including phenoxy) is 3. The first-order valence-electron chi connectivity index (χ1n) is 7.25. The number of allylic oxidation sites excluding steroid dienone is 2. The van der Waals surface area contributed by atoms with Gasteiger partial charge >= 0.3 is 5.97 Å². The molecule has 2 aliphatic rings. The summed E-state index contributed by atoms with van der Waals surface area (Å²) in [6.45, 7) is 1.53. The highest BCUT2D eigenvalue weighted by Crippen LogP contribution is 2.54. The highest BCUT2D eigenvalue weighted by Gasteiger charge is 2.61. The first-order chi connectivity index (χ1) is 12.2. The summed E-state index contributed by atoms with van der Waals surface area (Å²) in [5, 5.41) is 10.2. The molecule has 1 N–H and O–H groups in total. The molecule has 136 valence electrons. The lowest BCUT2D eigenvalue weighted by molar-refractivity contribution is -0.138. The Morgan fingerprint density at radius 1 is 1.19 bits per heavy atom. The van der Waals surface area contributed by atoms with Crippen LogP contribution in [0.25, 0.3) is 0 Å². The van der Waals surface area contributed by atoms with E-state index in [0.29, 0.717) is 0 Å². The predicted molar refractivity (Wildman–Crippen MR) is 90.8 cm³/mol. The van der Waals surface area contributed by atoms with Crippen molar-refractivity contribution in [3.63, 3.8) is 0 Å². The lowest BCUT2D eigenvalue weighted by Crippen LogP contribution is -2.49. The molecule has 1 aliphatic heterocycles. The molecule has 1 spiro atoms. The zero-order chi connectivity index (χ0) is 19.4. The van der Waals surface area contributed by atoms with Gasteiger partial charge in [0.15, 0.2) is 17.3 Å². The van der Waals surface area contributed by atoms with Crippen molar-refractivity contribution in [1.29, 1.82) is 0 Å². The quantitative estimate of drug-likeness (QED) is 0.763. The zero-order valence-corrected chi connectivity index (χ0v) is 15.3. The van der Waals surface area contributed by atoms with Crippen molar-refractivity contribution in [2.24, 2.45) is 0 Å². The van der Waals surface area contributed by atoms with Crippen LogP contribution >= 0.6 is 23.2 Å². The SMILES string of the molecule is COC(=O)C1=CC(=O)C=C(OC)C12Oc1c(Cl)c(C)c(Cl)c(O)c1C2=O. The number of Topliss-reactive ketones (excluding diaryl/α,β-unsaturated/α-hetero) is 1. The number of rotatable bonds is 2. The fourth-order valence-corrected chi connectivity index (χ4v) is 3.42. The summed E-state index contributed by atoms with van der Waals surface area (Å²) in [4.78, 5) is 37.4. The topological polar surface area (TPSA) is 99.1 Å². The monoisotopic (exact) mass is 398 g/mol. The van der Waals surface area contributed by atoms with E-state index in [1.165, 1.54) is 14.0 Å². The molecule has 1 heterocycles. The molecule has 0 aromatic heterocycles. The van der Waals surface area contributed by atoms with Crippen molar-refractivity contribution in [1.82, 2.24) is 0 Å². The number of esters is 1. The van der Waals surface area contributed by atoms with Crippen LogP contribution in [0.3, 0.4) is 0 Å². The largest absolute Gasteiger partial charge is 0.505 e. The van der Waals surface area contributed by atoms with Gasteiger partial charge in [0.05, 0.1) is 24.3 Å². The number of methoxy groups -OCH3 is 2. The van der Waals surface area contributed by atoms with Gasteiger partial charge in [-0.3, -0.25) is 9.59 Å². The van der Waals surface area contributed by atoms with Gasteiger partial charge in [0.25, 0.3) is 5.60 Å². The van der Waals surface area contributed by atoms with Gasteiger partial charge in [0.2, 0.25) is 5.78 Å². The van der Waals surface area contributed by atoms with Gasteiger partial charge in [-0.05, 0) is 12.5 Å². The number of aromatic hydroxyl groups is 1. The maximum Gasteiger partial charge on any atom is 0.338 e. The van der Waals surface area contributed by atoms with Crippen molar-refractivity contribution in [3.8, 4) is 11.5 Å². The molecular formula is C17H12Cl2O7. The summed E-state index contributed by atoms with van der Waals surface area (Å²) in [7, 11) is 2.30. The average Bonchev–Trinajstić information content (AvgIpc) is 2.93. The Morgan fingerprint density at radius 2 is 1.85 bits per heavy atom. The minimum atomic E-state index is -2.14. The van der Waals surface area contributed by atoms with Crippen molar-refractivity contribution in [2.45, 2.75) is 12.5 Å². The predicted octanol–water partition coefficient (Wildman–Crippen LogP) is 2.53. The smallest absolute Gasteiger partial charge is 0.338 e. The van der Waals surface area contributed by atoms with Crippen LogP contribution in [0, 0.1) is 6.92 Å². The molecule has 0 fully saturated rings. The number of hydrogen-bond acceptors (Lipinski definition) is 7.